The van der Waals surface area contributed by atoms with Gasteiger partial charge in [-0.2, -0.15) is 0 Å². The van der Waals surface area contributed by atoms with Crippen LogP contribution in [-0.2, 0) is 25.9 Å². The first kappa shape index (κ1) is 15.6. The number of nitrogens with zero attached hydrogens (tertiary/aromatic N) is 3. The first-order valence-electron chi connectivity index (χ1n) is 5.59. The van der Waals surface area contributed by atoms with Gasteiger partial charge in [-0.25, -0.2) is 17.9 Å². The number of rotatable bonds is 7. The monoisotopic (exact) mass is 291 g/mol. The van der Waals surface area contributed by atoms with Gasteiger partial charge in [0, 0.05) is 13.4 Å². The number of methoxy groups -OCH3 is 1. The van der Waals surface area contributed by atoms with Crippen molar-refractivity contribution in [3.05, 3.63) is 11.4 Å². The van der Waals surface area contributed by atoms with Gasteiger partial charge in [-0.1, -0.05) is 5.21 Å². The molecule has 0 bridgehead atoms. The summed E-state index contributed by atoms with van der Waals surface area (Å²) in [5.74, 6) is -0.657. The molecule has 1 rings (SSSR count). The smallest absolute Gasteiger partial charge is 0.360 e. The molecule has 0 radical (unpaired) electrons. The number of carbonyl (C=O) groups is 1. The van der Waals surface area contributed by atoms with Crippen molar-refractivity contribution in [1.29, 1.82) is 0 Å². The van der Waals surface area contributed by atoms with Gasteiger partial charge >= 0.3 is 5.97 Å². The summed E-state index contributed by atoms with van der Waals surface area (Å²) >= 11 is 0. The Labute approximate surface area is 111 Å². The Bertz CT molecular complexity index is 537. The highest BCUT2D eigenvalue weighted by molar-refractivity contribution is 7.90. The second kappa shape index (κ2) is 6.62. The molecule has 1 aromatic rings. The summed E-state index contributed by atoms with van der Waals surface area (Å²) in [6, 6.07) is 0. The highest BCUT2D eigenvalue weighted by Gasteiger charge is 2.18. The molecular weight excluding hydrogens is 274 g/mol. The molecule has 8 nitrogen and oxygen atoms in total. The predicted molar refractivity (Wildman–Crippen MR) is 66.6 cm³/mol. The summed E-state index contributed by atoms with van der Waals surface area (Å²) in [4.78, 5) is 11.6. The minimum Gasteiger partial charge on any atom is -0.458 e. The molecule has 0 aromatic carbocycles. The fraction of sp³-hybridized carbons (Fsp3) is 0.700. The van der Waals surface area contributed by atoms with E-state index >= 15 is 0 Å². The van der Waals surface area contributed by atoms with Gasteiger partial charge in [0.1, 0.15) is 16.4 Å². The van der Waals surface area contributed by atoms with Gasteiger partial charge in [0.05, 0.1) is 24.6 Å². The van der Waals surface area contributed by atoms with Gasteiger partial charge in [-0.3, -0.25) is 0 Å². The molecule has 0 aliphatic rings. The zero-order chi connectivity index (χ0) is 14.5. The number of carbonyl (C=O) groups excluding carboxylic acids is 1. The maximum Gasteiger partial charge on any atom is 0.360 e. The molecule has 9 heteroatoms. The van der Waals surface area contributed by atoms with Crippen LogP contribution in [0.2, 0.25) is 0 Å². The molecule has 0 fully saturated rings. The van der Waals surface area contributed by atoms with Crippen molar-refractivity contribution in [3.63, 3.8) is 0 Å². The number of sulfone groups is 1. The van der Waals surface area contributed by atoms with Gasteiger partial charge < -0.3 is 9.47 Å². The van der Waals surface area contributed by atoms with E-state index in [1.807, 2.05) is 0 Å². The first-order chi connectivity index (χ1) is 8.85. The number of ether oxygens (including phenoxy) is 2. The van der Waals surface area contributed by atoms with E-state index < -0.39 is 15.8 Å². The van der Waals surface area contributed by atoms with E-state index in [9.17, 15) is 13.2 Å². The third kappa shape index (κ3) is 4.95. The SMILES string of the molecule is COCCOC(=O)c1nnn(CCS(C)(=O)=O)c1C. The van der Waals surface area contributed by atoms with E-state index in [0.717, 1.165) is 6.26 Å². The number of hydrogen-bond acceptors (Lipinski definition) is 7. The average molecular weight is 291 g/mol. The molecule has 1 heterocycles. The number of aromatic nitrogens is 3. The van der Waals surface area contributed by atoms with E-state index in [0.29, 0.717) is 12.3 Å². The lowest BCUT2D eigenvalue weighted by Crippen LogP contribution is -2.14. The molecule has 19 heavy (non-hydrogen) atoms. The summed E-state index contributed by atoms with van der Waals surface area (Å²) < 4.78 is 33.2. The Hall–Kier alpha value is -1.48. The van der Waals surface area contributed by atoms with Crippen LogP contribution in [0.4, 0.5) is 0 Å². The Morgan fingerprint density at radius 1 is 1.37 bits per heavy atom. The van der Waals surface area contributed by atoms with Crippen LogP contribution in [0.25, 0.3) is 0 Å². The van der Waals surface area contributed by atoms with Gasteiger partial charge in [-0.05, 0) is 6.92 Å². The van der Waals surface area contributed by atoms with Crippen LogP contribution in [0, 0.1) is 6.92 Å². The molecule has 0 saturated heterocycles. The summed E-state index contributed by atoms with van der Waals surface area (Å²) in [7, 11) is -1.59. The van der Waals surface area contributed by atoms with Crippen molar-refractivity contribution in [2.24, 2.45) is 0 Å². The fourth-order valence-corrected chi connectivity index (χ4v) is 1.80. The molecule has 0 amide bonds. The van der Waals surface area contributed by atoms with Crippen molar-refractivity contribution in [2.75, 3.05) is 32.3 Å². The molecule has 0 aliphatic carbocycles. The molecule has 1 aromatic heterocycles. The van der Waals surface area contributed by atoms with Gasteiger partial charge in [0.25, 0.3) is 0 Å². The van der Waals surface area contributed by atoms with Crippen molar-refractivity contribution in [2.45, 2.75) is 13.5 Å². The van der Waals surface area contributed by atoms with E-state index in [1.54, 1.807) is 6.92 Å². The van der Waals surface area contributed by atoms with Crippen LogP contribution in [0.1, 0.15) is 16.2 Å². The summed E-state index contributed by atoms with van der Waals surface area (Å²) in [6.45, 7) is 2.22. The Morgan fingerprint density at radius 3 is 2.63 bits per heavy atom. The summed E-state index contributed by atoms with van der Waals surface area (Å²) in [5, 5.41) is 7.44. The lowest BCUT2D eigenvalue weighted by Gasteiger charge is -2.03. The third-order valence-electron chi connectivity index (χ3n) is 2.37. The van der Waals surface area contributed by atoms with E-state index in [2.05, 4.69) is 10.3 Å². The van der Waals surface area contributed by atoms with Crippen LogP contribution in [0.3, 0.4) is 0 Å². The first-order valence-corrected chi connectivity index (χ1v) is 7.65. The topological polar surface area (TPSA) is 100 Å². The molecule has 0 aliphatic heterocycles. The summed E-state index contributed by atoms with van der Waals surface area (Å²) in [6.07, 6.45) is 1.14. The second-order valence-corrected chi connectivity index (χ2v) is 6.26. The van der Waals surface area contributed by atoms with E-state index in [4.69, 9.17) is 9.47 Å². The maximum atomic E-state index is 11.6. The van der Waals surface area contributed by atoms with Crippen LogP contribution in [-0.4, -0.2) is 61.7 Å². The molecule has 0 spiro atoms. The predicted octanol–water partition coefficient (Wildman–Crippen LogP) is -0.566. The fourth-order valence-electron chi connectivity index (χ4n) is 1.30. The van der Waals surface area contributed by atoms with Crippen LogP contribution in [0.5, 0.6) is 0 Å². The molecular formula is C10H17N3O5S. The minimum absolute atomic E-state index is 0.0602. The second-order valence-electron chi connectivity index (χ2n) is 4.01. The third-order valence-corrected chi connectivity index (χ3v) is 3.29. The largest absolute Gasteiger partial charge is 0.458 e. The lowest BCUT2D eigenvalue weighted by atomic mass is 10.3. The van der Waals surface area contributed by atoms with Crippen molar-refractivity contribution < 1.29 is 22.7 Å². The highest BCUT2D eigenvalue weighted by atomic mass is 32.2. The molecule has 0 N–H and O–H groups in total. The van der Waals surface area contributed by atoms with Gasteiger partial charge in [0.2, 0.25) is 0 Å². The molecule has 0 saturated carbocycles. The lowest BCUT2D eigenvalue weighted by molar-refractivity contribution is 0.0380. The maximum absolute atomic E-state index is 11.6. The van der Waals surface area contributed by atoms with Gasteiger partial charge in [-0.15, -0.1) is 5.10 Å². The Kier molecular flexibility index (Phi) is 5.43. The minimum atomic E-state index is -3.09. The normalized spacial score (nSPS) is 11.5. The highest BCUT2D eigenvalue weighted by Crippen LogP contribution is 2.06. The van der Waals surface area contributed by atoms with E-state index in [1.165, 1.54) is 11.8 Å². The number of aryl methyl sites for hydroxylation is 1. The Balaban J connectivity index is 2.67. The van der Waals surface area contributed by atoms with Crippen LogP contribution < -0.4 is 0 Å². The van der Waals surface area contributed by atoms with Crippen LogP contribution >= 0.6 is 0 Å². The standard InChI is InChI=1S/C10H17N3O5S/c1-8-9(10(14)18-6-5-17-2)11-12-13(8)4-7-19(3,15)16/h4-7H2,1-3H3. The molecule has 108 valence electrons. The zero-order valence-corrected chi connectivity index (χ0v) is 11.9. The zero-order valence-electron chi connectivity index (χ0n) is 11.1. The quantitative estimate of drug-likeness (QED) is 0.490. The number of hydrogen-bond donors (Lipinski definition) is 0. The van der Waals surface area contributed by atoms with Crippen molar-refractivity contribution in [1.82, 2.24) is 15.0 Å². The van der Waals surface area contributed by atoms with Crippen LogP contribution in [0.15, 0.2) is 0 Å². The van der Waals surface area contributed by atoms with Crippen molar-refractivity contribution >= 4 is 15.8 Å². The van der Waals surface area contributed by atoms with Crippen molar-refractivity contribution in [3.8, 4) is 0 Å². The summed E-state index contributed by atoms with van der Waals surface area (Å²) in [5.41, 5.74) is 0.565. The average Bonchev–Trinajstić information content (AvgIpc) is 2.67. The number of esters is 1. The van der Waals surface area contributed by atoms with Gasteiger partial charge in [0.15, 0.2) is 5.69 Å². The molecule has 0 unspecified atom stereocenters. The van der Waals surface area contributed by atoms with E-state index in [-0.39, 0.29) is 24.6 Å². The molecule has 0 atom stereocenters. The Morgan fingerprint density at radius 2 is 2.05 bits per heavy atom.